The lowest BCUT2D eigenvalue weighted by Gasteiger charge is -2.06. The number of carbonyl (C=O) groups is 2. The molecule has 0 amide bonds. The van der Waals surface area contributed by atoms with Gasteiger partial charge in [-0.05, 0) is 11.6 Å². The number of carboxylic acid groups (broad SMARTS) is 1. The Morgan fingerprint density at radius 2 is 2.06 bits per heavy atom. The maximum Gasteiger partial charge on any atom is 0.311 e. The van der Waals surface area contributed by atoms with Crippen LogP contribution in [0.25, 0.3) is 0 Å². The molecule has 1 aromatic rings. The Labute approximate surface area is 95.8 Å². The van der Waals surface area contributed by atoms with Gasteiger partial charge in [0.15, 0.2) is 0 Å². The molecule has 0 radical (unpaired) electrons. The summed E-state index contributed by atoms with van der Waals surface area (Å²) in [6.45, 7) is 1.09. The molecule has 0 heterocycles. The van der Waals surface area contributed by atoms with Crippen LogP contribution in [0.1, 0.15) is 12.5 Å². The minimum absolute atomic E-state index is 0.256. The first kappa shape index (κ1) is 12.6. The van der Waals surface area contributed by atoms with Crippen molar-refractivity contribution in [3.05, 3.63) is 33.9 Å². The zero-order valence-electron chi connectivity index (χ0n) is 8.84. The average Bonchev–Trinajstić information content (AvgIpc) is 2.15. The zero-order chi connectivity index (χ0) is 13.0. The van der Waals surface area contributed by atoms with Crippen molar-refractivity contribution in [1.29, 1.82) is 0 Å². The quantitative estimate of drug-likeness (QED) is 0.311. The van der Waals surface area contributed by atoms with Crippen molar-refractivity contribution in [2.24, 2.45) is 0 Å². The number of hydrogen-bond acceptors (Lipinski definition) is 6. The van der Waals surface area contributed by atoms with Gasteiger partial charge in [-0.15, -0.1) is 0 Å². The Hall–Kier alpha value is -2.44. The highest BCUT2D eigenvalue weighted by molar-refractivity contribution is 5.72. The van der Waals surface area contributed by atoms with Crippen molar-refractivity contribution >= 4 is 17.6 Å². The Balaban J connectivity index is 3.13. The van der Waals surface area contributed by atoms with E-state index in [1.54, 1.807) is 0 Å². The second-order valence-electron chi connectivity index (χ2n) is 3.20. The van der Waals surface area contributed by atoms with Gasteiger partial charge in [0.05, 0.1) is 4.92 Å². The minimum Gasteiger partial charge on any atom is -0.550 e. The van der Waals surface area contributed by atoms with Crippen LogP contribution in [-0.2, 0) is 16.0 Å². The molecule has 0 aromatic heterocycles. The van der Waals surface area contributed by atoms with Gasteiger partial charge in [0.25, 0.3) is 0 Å². The summed E-state index contributed by atoms with van der Waals surface area (Å²) >= 11 is 0. The fourth-order valence-corrected chi connectivity index (χ4v) is 1.22. The molecule has 1 rings (SSSR count). The molecule has 1 aromatic carbocycles. The number of hydrogen-bond donors (Lipinski definition) is 0. The van der Waals surface area contributed by atoms with E-state index >= 15 is 0 Å². The summed E-state index contributed by atoms with van der Waals surface area (Å²) in [5, 5.41) is 21.0. The predicted octanol–water partition coefficient (Wildman–Crippen LogP) is -0.188. The number of benzene rings is 1. The van der Waals surface area contributed by atoms with Crippen LogP contribution in [0.4, 0.5) is 5.69 Å². The number of ether oxygens (including phenoxy) is 1. The van der Waals surface area contributed by atoms with Gasteiger partial charge >= 0.3 is 11.7 Å². The SMILES string of the molecule is CC(=O)Oc1cc(CC(=O)[O-])ccc1[N+](=O)[O-]. The van der Waals surface area contributed by atoms with Crippen LogP contribution in [0.3, 0.4) is 0 Å². The van der Waals surface area contributed by atoms with Crippen molar-refractivity contribution in [3.63, 3.8) is 0 Å². The third-order valence-electron chi connectivity index (χ3n) is 1.82. The Morgan fingerprint density at radius 1 is 1.41 bits per heavy atom. The van der Waals surface area contributed by atoms with Gasteiger partial charge < -0.3 is 14.6 Å². The lowest BCUT2D eigenvalue weighted by atomic mass is 10.1. The van der Waals surface area contributed by atoms with Gasteiger partial charge in [-0.2, -0.15) is 0 Å². The van der Waals surface area contributed by atoms with Crippen molar-refractivity contribution in [2.75, 3.05) is 0 Å². The molecule has 0 fully saturated rings. The maximum absolute atomic E-state index is 10.7. The molecule has 0 aliphatic rings. The van der Waals surface area contributed by atoms with Gasteiger partial charge in [-0.25, -0.2) is 0 Å². The molecule has 0 aliphatic heterocycles. The number of nitrogens with zero attached hydrogens (tertiary/aromatic N) is 1. The van der Waals surface area contributed by atoms with Crippen LogP contribution in [-0.4, -0.2) is 16.9 Å². The summed E-state index contributed by atoms with van der Waals surface area (Å²) in [5.41, 5.74) is -0.144. The van der Waals surface area contributed by atoms with Crippen LogP contribution in [0.15, 0.2) is 18.2 Å². The molecule has 0 aliphatic carbocycles. The smallest absolute Gasteiger partial charge is 0.311 e. The predicted molar refractivity (Wildman–Crippen MR) is 53.1 cm³/mol. The van der Waals surface area contributed by atoms with Crippen molar-refractivity contribution < 1.29 is 24.4 Å². The molecule has 7 nitrogen and oxygen atoms in total. The Kier molecular flexibility index (Phi) is 3.76. The summed E-state index contributed by atoms with van der Waals surface area (Å²) in [4.78, 5) is 31.0. The Morgan fingerprint density at radius 3 is 2.53 bits per heavy atom. The van der Waals surface area contributed by atoms with E-state index in [1.807, 2.05) is 0 Å². The summed E-state index contributed by atoms with van der Waals surface area (Å²) in [7, 11) is 0. The van der Waals surface area contributed by atoms with E-state index in [0.717, 1.165) is 19.1 Å². The topological polar surface area (TPSA) is 110 Å². The van der Waals surface area contributed by atoms with Crippen molar-refractivity contribution in [3.8, 4) is 5.75 Å². The molecule has 0 saturated carbocycles. The average molecular weight is 238 g/mol. The zero-order valence-corrected chi connectivity index (χ0v) is 8.84. The normalized spacial score (nSPS) is 9.71. The van der Waals surface area contributed by atoms with E-state index in [1.165, 1.54) is 6.07 Å². The molecule has 0 bridgehead atoms. The van der Waals surface area contributed by atoms with Gasteiger partial charge in [0, 0.05) is 25.4 Å². The van der Waals surface area contributed by atoms with E-state index in [9.17, 15) is 24.8 Å². The molecule has 0 spiro atoms. The third-order valence-corrected chi connectivity index (χ3v) is 1.82. The van der Waals surface area contributed by atoms with Crippen LogP contribution in [0.2, 0.25) is 0 Å². The molecule has 0 saturated heterocycles. The van der Waals surface area contributed by atoms with Gasteiger partial charge in [-0.1, -0.05) is 6.07 Å². The van der Waals surface area contributed by atoms with Crippen molar-refractivity contribution in [2.45, 2.75) is 13.3 Å². The van der Waals surface area contributed by atoms with Gasteiger partial charge in [-0.3, -0.25) is 14.9 Å². The first-order valence-electron chi connectivity index (χ1n) is 4.55. The summed E-state index contributed by atoms with van der Waals surface area (Å²) in [6, 6.07) is 3.48. The van der Waals surface area contributed by atoms with Gasteiger partial charge in [0.1, 0.15) is 0 Å². The largest absolute Gasteiger partial charge is 0.550 e. The lowest BCUT2D eigenvalue weighted by Crippen LogP contribution is -2.24. The number of esters is 1. The highest BCUT2D eigenvalue weighted by atomic mass is 16.6. The molecule has 7 heteroatoms. The molecular formula is C10H8NO6-. The Bertz CT molecular complexity index is 482. The number of carboxylic acids is 1. The fraction of sp³-hybridized carbons (Fsp3) is 0.200. The van der Waals surface area contributed by atoms with Crippen LogP contribution >= 0.6 is 0 Å². The van der Waals surface area contributed by atoms with Crippen LogP contribution in [0, 0.1) is 10.1 Å². The minimum atomic E-state index is -1.33. The number of carbonyl (C=O) groups excluding carboxylic acids is 2. The monoisotopic (exact) mass is 238 g/mol. The lowest BCUT2D eigenvalue weighted by molar-refractivity contribution is -0.385. The molecule has 0 atom stereocenters. The molecule has 0 unspecified atom stereocenters. The first-order chi connectivity index (χ1) is 7.90. The second kappa shape index (κ2) is 5.06. The van der Waals surface area contributed by atoms with Crippen LogP contribution < -0.4 is 9.84 Å². The number of rotatable bonds is 4. The maximum atomic E-state index is 10.7. The molecule has 0 N–H and O–H groups in total. The molecular weight excluding hydrogens is 230 g/mol. The van der Waals surface area contributed by atoms with E-state index in [4.69, 9.17) is 0 Å². The van der Waals surface area contributed by atoms with Crippen molar-refractivity contribution in [1.82, 2.24) is 0 Å². The number of aliphatic carboxylic acids is 1. The standard InChI is InChI=1S/C10H9NO6/c1-6(12)17-9-4-7(5-10(13)14)2-3-8(9)11(15)16/h2-4H,5H2,1H3,(H,13,14)/p-1. The summed E-state index contributed by atoms with van der Waals surface area (Å²) < 4.78 is 4.63. The van der Waals surface area contributed by atoms with E-state index in [2.05, 4.69) is 4.74 Å². The van der Waals surface area contributed by atoms with E-state index in [0.29, 0.717) is 0 Å². The van der Waals surface area contributed by atoms with Gasteiger partial charge in [0.2, 0.25) is 5.75 Å². The fourth-order valence-electron chi connectivity index (χ4n) is 1.22. The number of nitro benzene ring substituents is 1. The third kappa shape index (κ3) is 3.56. The highest BCUT2D eigenvalue weighted by Gasteiger charge is 2.17. The highest BCUT2D eigenvalue weighted by Crippen LogP contribution is 2.28. The van der Waals surface area contributed by atoms with Crippen LogP contribution in [0.5, 0.6) is 5.75 Å². The first-order valence-corrected chi connectivity index (χ1v) is 4.55. The number of nitro groups is 1. The van der Waals surface area contributed by atoms with E-state index < -0.39 is 29.0 Å². The molecule has 90 valence electrons. The van der Waals surface area contributed by atoms with E-state index in [-0.39, 0.29) is 11.3 Å². The summed E-state index contributed by atoms with van der Waals surface area (Å²) in [5.74, 6) is -2.33. The second-order valence-corrected chi connectivity index (χ2v) is 3.20. The molecule has 17 heavy (non-hydrogen) atoms. The summed E-state index contributed by atoms with van der Waals surface area (Å²) in [6.07, 6.45) is -0.410.